The maximum absolute atomic E-state index is 11.1. The Balaban J connectivity index is 2.28. The average Bonchev–Trinajstić information content (AvgIpc) is 2.43. The topological polar surface area (TPSA) is 133 Å². The van der Waals surface area contributed by atoms with Gasteiger partial charge in [0.1, 0.15) is 0 Å². The van der Waals surface area contributed by atoms with Gasteiger partial charge in [-0.1, -0.05) is 0 Å². The summed E-state index contributed by atoms with van der Waals surface area (Å²) in [7, 11) is -3.76. The summed E-state index contributed by atoms with van der Waals surface area (Å²) in [5, 5.41) is 33.1. The SMILES string of the molecule is NS(=O)(=O)c1ccc(N=Cc2ccc(O)c(O)c2O)cc1. The molecule has 0 radical (unpaired) electrons. The number of phenolic OH excluding ortho intramolecular Hbond substituents is 3. The first kappa shape index (κ1) is 14.8. The smallest absolute Gasteiger partial charge is 0.238 e. The van der Waals surface area contributed by atoms with E-state index >= 15 is 0 Å². The van der Waals surface area contributed by atoms with Crippen molar-refractivity contribution in [3.63, 3.8) is 0 Å². The van der Waals surface area contributed by atoms with E-state index in [2.05, 4.69) is 4.99 Å². The summed E-state index contributed by atoms with van der Waals surface area (Å²) in [6.07, 6.45) is 1.26. The highest BCUT2D eigenvalue weighted by Gasteiger charge is 2.09. The van der Waals surface area contributed by atoms with Gasteiger partial charge in [-0.2, -0.15) is 0 Å². The Kier molecular flexibility index (Phi) is 3.83. The molecule has 0 aliphatic carbocycles. The number of sulfonamides is 1. The minimum atomic E-state index is -3.76. The first-order valence-corrected chi connectivity index (χ1v) is 7.24. The minimum absolute atomic E-state index is 0.0356. The molecule has 0 saturated carbocycles. The Morgan fingerprint density at radius 1 is 0.952 bits per heavy atom. The third-order valence-electron chi connectivity index (χ3n) is 2.68. The van der Waals surface area contributed by atoms with Gasteiger partial charge in [-0.15, -0.1) is 0 Å². The highest BCUT2D eigenvalue weighted by Crippen LogP contribution is 2.36. The molecule has 0 fully saturated rings. The van der Waals surface area contributed by atoms with Gasteiger partial charge >= 0.3 is 0 Å². The standard InChI is InChI=1S/C13H12N2O5S/c14-21(19,20)10-4-2-9(3-5-10)15-7-8-1-6-11(16)13(18)12(8)17/h1-7,16-18H,(H2,14,19,20). The molecule has 2 rings (SSSR count). The van der Waals surface area contributed by atoms with Crippen molar-refractivity contribution in [1.82, 2.24) is 0 Å². The van der Waals surface area contributed by atoms with Gasteiger partial charge in [0.15, 0.2) is 11.5 Å². The number of hydrogen-bond donors (Lipinski definition) is 4. The van der Waals surface area contributed by atoms with E-state index in [1.165, 1.54) is 42.6 Å². The molecule has 0 bridgehead atoms. The molecule has 0 aliphatic rings. The first-order chi connectivity index (χ1) is 9.79. The molecule has 5 N–H and O–H groups in total. The van der Waals surface area contributed by atoms with Crippen molar-refractivity contribution in [2.24, 2.45) is 10.1 Å². The summed E-state index contributed by atoms with van der Waals surface area (Å²) in [5.74, 6) is -1.58. The number of aliphatic imine (C=N–C) groups is 1. The number of nitrogens with zero attached hydrogens (tertiary/aromatic N) is 1. The van der Waals surface area contributed by atoms with Crippen molar-refractivity contribution in [1.29, 1.82) is 0 Å². The van der Waals surface area contributed by atoms with Crippen molar-refractivity contribution >= 4 is 21.9 Å². The Hall–Kier alpha value is -2.58. The predicted octanol–water partition coefficient (Wildman–Crippen LogP) is 1.20. The zero-order valence-corrected chi connectivity index (χ0v) is 11.4. The van der Waals surface area contributed by atoms with E-state index in [1.807, 2.05) is 0 Å². The molecule has 0 heterocycles. The van der Waals surface area contributed by atoms with Crippen LogP contribution in [0.1, 0.15) is 5.56 Å². The van der Waals surface area contributed by atoms with Gasteiger partial charge in [-0.3, -0.25) is 4.99 Å². The van der Waals surface area contributed by atoms with Gasteiger partial charge in [0.2, 0.25) is 15.8 Å². The van der Waals surface area contributed by atoms with Crippen molar-refractivity contribution in [2.45, 2.75) is 4.90 Å². The van der Waals surface area contributed by atoms with Crippen LogP contribution in [0, 0.1) is 0 Å². The maximum atomic E-state index is 11.1. The van der Waals surface area contributed by atoms with Crippen LogP contribution in [0.3, 0.4) is 0 Å². The summed E-state index contributed by atoms with van der Waals surface area (Å²) in [6.45, 7) is 0. The van der Waals surface area contributed by atoms with E-state index in [9.17, 15) is 23.7 Å². The lowest BCUT2D eigenvalue weighted by atomic mass is 10.2. The van der Waals surface area contributed by atoms with Crippen LogP contribution in [0.25, 0.3) is 0 Å². The molecule has 0 amide bonds. The van der Waals surface area contributed by atoms with E-state index in [1.54, 1.807) is 0 Å². The molecule has 8 heteroatoms. The lowest BCUT2D eigenvalue weighted by Crippen LogP contribution is -2.11. The molecular weight excluding hydrogens is 296 g/mol. The molecule has 0 atom stereocenters. The minimum Gasteiger partial charge on any atom is -0.504 e. The first-order valence-electron chi connectivity index (χ1n) is 5.70. The predicted molar refractivity (Wildman–Crippen MR) is 76.5 cm³/mol. The number of rotatable bonds is 3. The molecule has 21 heavy (non-hydrogen) atoms. The Morgan fingerprint density at radius 3 is 2.14 bits per heavy atom. The normalized spacial score (nSPS) is 11.9. The van der Waals surface area contributed by atoms with E-state index in [0.717, 1.165) is 0 Å². The van der Waals surface area contributed by atoms with Crippen LogP contribution in [0.2, 0.25) is 0 Å². The Labute approximate surface area is 120 Å². The zero-order valence-electron chi connectivity index (χ0n) is 10.6. The zero-order chi connectivity index (χ0) is 15.6. The van der Waals surface area contributed by atoms with Gasteiger partial charge in [0, 0.05) is 11.8 Å². The summed E-state index contributed by atoms with van der Waals surface area (Å²) in [5.41, 5.74) is 0.621. The van der Waals surface area contributed by atoms with Crippen molar-refractivity contribution in [3.05, 3.63) is 42.0 Å². The Bertz CT molecular complexity index is 798. The summed E-state index contributed by atoms with van der Waals surface area (Å²) < 4.78 is 22.2. The molecule has 0 spiro atoms. The third kappa shape index (κ3) is 3.30. The van der Waals surface area contributed by atoms with Crippen molar-refractivity contribution < 1.29 is 23.7 Å². The molecular formula is C13H12N2O5S. The maximum Gasteiger partial charge on any atom is 0.238 e. The second kappa shape index (κ2) is 5.43. The third-order valence-corrected chi connectivity index (χ3v) is 3.61. The number of benzene rings is 2. The van der Waals surface area contributed by atoms with E-state index in [0.29, 0.717) is 5.69 Å². The number of phenols is 3. The quantitative estimate of drug-likeness (QED) is 0.499. The lowest BCUT2D eigenvalue weighted by molar-refractivity contribution is 0.367. The molecule has 0 unspecified atom stereocenters. The summed E-state index contributed by atoms with van der Waals surface area (Å²) in [6, 6.07) is 8.06. The number of nitrogens with two attached hydrogens (primary N) is 1. The van der Waals surface area contributed by atoms with Crippen LogP contribution in [-0.2, 0) is 10.0 Å². The highest BCUT2D eigenvalue weighted by molar-refractivity contribution is 7.89. The van der Waals surface area contributed by atoms with Crippen molar-refractivity contribution in [3.8, 4) is 17.2 Å². The second-order valence-corrected chi connectivity index (χ2v) is 5.73. The fraction of sp³-hybridized carbons (Fsp3) is 0. The van der Waals surface area contributed by atoms with Gasteiger partial charge in [-0.05, 0) is 36.4 Å². The molecule has 0 aromatic heterocycles. The fourth-order valence-electron chi connectivity index (χ4n) is 1.55. The van der Waals surface area contributed by atoms with Crippen LogP contribution in [0.15, 0.2) is 46.3 Å². The highest BCUT2D eigenvalue weighted by atomic mass is 32.2. The number of primary sulfonamides is 1. The van der Waals surface area contributed by atoms with E-state index in [-0.39, 0.29) is 10.5 Å². The van der Waals surface area contributed by atoms with Crippen LogP contribution < -0.4 is 5.14 Å². The molecule has 0 aliphatic heterocycles. The molecule has 110 valence electrons. The lowest BCUT2D eigenvalue weighted by Gasteiger charge is -2.03. The summed E-state index contributed by atoms with van der Waals surface area (Å²) in [4.78, 5) is 3.98. The number of hydrogen-bond acceptors (Lipinski definition) is 6. The number of aromatic hydroxyl groups is 3. The molecule has 2 aromatic carbocycles. The van der Waals surface area contributed by atoms with Gasteiger partial charge in [0.25, 0.3) is 0 Å². The van der Waals surface area contributed by atoms with Crippen LogP contribution in [0.5, 0.6) is 17.2 Å². The average molecular weight is 308 g/mol. The van der Waals surface area contributed by atoms with E-state index < -0.39 is 27.3 Å². The monoisotopic (exact) mass is 308 g/mol. The van der Waals surface area contributed by atoms with Crippen molar-refractivity contribution in [2.75, 3.05) is 0 Å². The largest absolute Gasteiger partial charge is 0.504 e. The van der Waals surface area contributed by atoms with Crippen LogP contribution in [-0.4, -0.2) is 30.0 Å². The van der Waals surface area contributed by atoms with Gasteiger partial charge in [0.05, 0.1) is 10.6 Å². The van der Waals surface area contributed by atoms with E-state index in [4.69, 9.17) is 5.14 Å². The van der Waals surface area contributed by atoms with Crippen LogP contribution in [0.4, 0.5) is 5.69 Å². The molecule has 2 aromatic rings. The summed E-state index contributed by atoms with van der Waals surface area (Å²) >= 11 is 0. The Morgan fingerprint density at radius 2 is 1.57 bits per heavy atom. The fourth-order valence-corrected chi connectivity index (χ4v) is 2.07. The van der Waals surface area contributed by atoms with Gasteiger partial charge < -0.3 is 15.3 Å². The molecule has 0 saturated heterocycles. The van der Waals surface area contributed by atoms with Gasteiger partial charge in [-0.25, -0.2) is 13.6 Å². The second-order valence-electron chi connectivity index (χ2n) is 4.17. The van der Waals surface area contributed by atoms with Crippen LogP contribution >= 0.6 is 0 Å². The molecule has 7 nitrogen and oxygen atoms in total.